The van der Waals surface area contributed by atoms with Crippen molar-refractivity contribution in [2.75, 3.05) is 19.6 Å². The van der Waals surface area contributed by atoms with Gasteiger partial charge in [0.25, 0.3) is 0 Å². The molecular weight excluding hydrogens is 292 g/mol. The van der Waals surface area contributed by atoms with Crippen LogP contribution in [0.1, 0.15) is 16.7 Å². The van der Waals surface area contributed by atoms with Gasteiger partial charge in [-0.2, -0.15) is 4.31 Å². The number of hydrogen-bond acceptors (Lipinski definition) is 4. The van der Waals surface area contributed by atoms with E-state index in [1.807, 2.05) is 20.8 Å². The third-order valence-electron chi connectivity index (χ3n) is 3.02. The fourth-order valence-corrected chi connectivity index (χ4v) is 5.33. The summed E-state index contributed by atoms with van der Waals surface area (Å²) in [5.74, 6) is 0. The first-order valence-electron chi connectivity index (χ1n) is 5.72. The number of thiophene rings is 1. The van der Waals surface area contributed by atoms with E-state index in [1.165, 1.54) is 11.3 Å². The Morgan fingerprint density at radius 1 is 1.44 bits per heavy atom. The second-order valence-electron chi connectivity index (χ2n) is 4.45. The quantitative estimate of drug-likeness (QED) is 0.905. The lowest BCUT2D eigenvalue weighted by atomic mass is 10.3. The molecule has 1 fully saturated rings. The first-order valence-corrected chi connectivity index (χ1v) is 7.98. The summed E-state index contributed by atoms with van der Waals surface area (Å²) in [4.78, 5) is 2.41. The molecule has 0 unspecified atom stereocenters. The van der Waals surface area contributed by atoms with Gasteiger partial charge >= 0.3 is 0 Å². The molecule has 0 aliphatic carbocycles. The summed E-state index contributed by atoms with van der Waals surface area (Å²) in [5, 5.41) is 3.20. The van der Waals surface area contributed by atoms with Crippen molar-refractivity contribution in [2.24, 2.45) is 0 Å². The monoisotopic (exact) mass is 310 g/mol. The fraction of sp³-hybridized carbons (Fsp3) is 0.636. The van der Waals surface area contributed by atoms with Gasteiger partial charge in [0, 0.05) is 35.4 Å². The van der Waals surface area contributed by atoms with E-state index in [-0.39, 0.29) is 18.4 Å². The zero-order chi connectivity index (χ0) is 12.6. The Hall–Kier alpha value is -0.140. The lowest BCUT2D eigenvalue weighted by molar-refractivity contribution is 0.284. The average molecular weight is 311 g/mol. The molecule has 1 aromatic heterocycles. The molecule has 0 spiro atoms. The zero-order valence-corrected chi connectivity index (χ0v) is 13.2. The Morgan fingerprint density at radius 2 is 2.11 bits per heavy atom. The van der Waals surface area contributed by atoms with Gasteiger partial charge in [0.05, 0.1) is 4.90 Å². The van der Waals surface area contributed by atoms with Crippen molar-refractivity contribution in [3.05, 3.63) is 15.8 Å². The normalized spacial score (nSPS) is 21.6. The molecule has 4 nitrogen and oxygen atoms in total. The molecule has 1 saturated heterocycles. The largest absolute Gasteiger partial charge is 0.314 e. The highest BCUT2D eigenvalue weighted by Crippen LogP contribution is 2.28. The van der Waals surface area contributed by atoms with Crippen molar-refractivity contribution in [1.82, 2.24) is 9.62 Å². The second kappa shape index (κ2) is 5.88. The summed E-state index contributed by atoms with van der Waals surface area (Å²) < 4.78 is 26.7. The summed E-state index contributed by atoms with van der Waals surface area (Å²) >= 11 is 1.54. The average Bonchev–Trinajstić information content (AvgIpc) is 2.59. The number of aryl methyl sites for hydroxylation is 2. The number of nitrogens with one attached hydrogen (secondary N) is 1. The molecule has 18 heavy (non-hydrogen) atoms. The van der Waals surface area contributed by atoms with E-state index >= 15 is 0 Å². The molecule has 7 heteroatoms. The summed E-state index contributed by atoms with van der Waals surface area (Å²) in [6.07, 6.45) is 0. The lowest BCUT2D eigenvalue weighted by Gasteiger charge is -2.32. The molecule has 1 aliphatic rings. The Labute approximate surface area is 119 Å². The topological polar surface area (TPSA) is 49.4 Å². The molecule has 0 aromatic carbocycles. The van der Waals surface area contributed by atoms with Crippen LogP contribution >= 0.6 is 23.7 Å². The van der Waals surface area contributed by atoms with E-state index in [0.717, 1.165) is 22.8 Å². The highest BCUT2D eigenvalue weighted by molar-refractivity contribution is 7.89. The van der Waals surface area contributed by atoms with Crippen LogP contribution in [0.3, 0.4) is 0 Å². The van der Waals surface area contributed by atoms with Crippen LogP contribution in [0.2, 0.25) is 0 Å². The third kappa shape index (κ3) is 2.88. The van der Waals surface area contributed by atoms with E-state index in [4.69, 9.17) is 0 Å². The maximum atomic E-state index is 12.5. The van der Waals surface area contributed by atoms with Crippen LogP contribution in [0.4, 0.5) is 0 Å². The van der Waals surface area contributed by atoms with E-state index in [0.29, 0.717) is 11.4 Å². The Morgan fingerprint density at radius 3 is 2.61 bits per heavy atom. The van der Waals surface area contributed by atoms with Crippen LogP contribution in [0.25, 0.3) is 0 Å². The van der Waals surface area contributed by atoms with Crippen molar-refractivity contribution in [3.8, 4) is 0 Å². The number of sulfonamides is 1. The zero-order valence-electron chi connectivity index (χ0n) is 10.8. The fourth-order valence-electron chi connectivity index (χ4n) is 2.17. The molecule has 104 valence electrons. The van der Waals surface area contributed by atoms with Crippen molar-refractivity contribution in [2.45, 2.75) is 31.7 Å². The van der Waals surface area contributed by atoms with E-state index in [9.17, 15) is 8.42 Å². The maximum absolute atomic E-state index is 12.5. The molecule has 0 bridgehead atoms. The first kappa shape index (κ1) is 15.9. The molecule has 1 aliphatic heterocycles. The Kier molecular flexibility index (Phi) is 5.20. The minimum absolute atomic E-state index is 0. The second-order valence-corrected chi connectivity index (χ2v) is 7.77. The van der Waals surface area contributed by atoms with Crippen LogP contribution in [0.15, 0.2) is 11.0 Å². The predicted octanol–water partition coefficient (Wildman–Crippen LogP) is 1.77. The van der Waals surface area contributed by atoms with Gasteiger partial charge in [-0.15, -0.1) is 23.7 Å². The van der Waals surface area contributed by atoms with E-state index in [2.05, 4.69) is 5.32 Å². The highest BCUT2D eigenvalue weighted by atomic mass is 35.5. The van der Waals surface area contributed by atoms with Gasteiger partial charge < -0.3 is 5.32 Å². The lowest BCUT2D eigenvalue weighted by Crippen LogP contribution is -2.52. The van der Waals surface area contributed by atoms with Crippen molar-refractivity contribution in [1.29, 1.82) is 0 Å². The molecular formula is C11H19ClN2O2S2. The van der Waals surface area contributed by atoms with E-state index < -0.39 is 10.0 Å². The Bertz CT molecular complexity index is 513. The standard InChI is InChI=1S/C11H18N2O2S2.ClH/c1-8-7-12-4-5-13(8)17(14,15)11-6-9(2)16-10(11)3;/h6,8,12H,4-5,7H2,1-3H3;1H/t8-;/m1./s1. The van der Waals surface area contributed by atoms with E-state index in [1.54, 1.807) is 10.4 Å². The predicted molar refractivity (Wildman–Crippen MR) is 77.3 cm³/mol. The van der Waals surface area contributed by atoms with Crippen LogP contribution in [0, 0.1) is 13.8 Å². The third-order valence-corrected chi connectivity index (χ3v) is 6.26. The van der Waals surface area contributed by atoms with Crippen molar-refractivity contribution < 1.29 is 8.42 Å². The maximum Gasteiger partial charge on any atom is 0.244 e. The van der Waals surface area contributed by atoms with Gasteiger partial charge in [-0.3, -0.25) is 0 Å². The number of nitrogens with zero attached hydrogens (tertiary/aromatic N) is 1. The molecule has 0 saturated carbocycles. The van der Waals surface area contributed by atoms with Gasteiger partial charge in [0.2, 0.25) is 10.0 Å². The number of halogens is 1. The minimum Gasteiger partial charge on any atom is -0.314 e. The van der Waals surface area contributed by atoms with Crippen LogP contribution in [-0.2, 0) is 10.0 Å². The molecule has 2 rings (SSSR count). The molecule has 1 N–H and O–H groups in total. The van der Waals surface area contributed by atoms with Crippen LogP contribution < -0.4 is 5.32 Å². The number of rotatable bonds is 2. The summed E-state index contributed by atoms with van der Waals surface area (Å²) in [6, 6.07) is 1.80. The van der Waals surface area contributed by atoms with Gasteiger partial charge in [-0.25, -0.2) is 8.42 Å². The SMILES string of the molecule is Cc1cc(S(=O)(=O)N2CCNC[C@H]2C)c(C)s1.Cl. The van der Waals surface area contributed by atoms with Gasteiger partial charge in [-0.05, 0) is 26.8 Å². The molecule has 0 amide bonds. The molecule has 0 radical (unpaired) electrons. The summed E-state index contributed by atoms with van der Waals surface area (Å²) in [6.45, 7) is 7.76. The van der Waals surface area contributed by atoms with Crippen LogP contribution in [-0.4, -0.2) is 38.4 Å². The highest BCUT2D eigenvalue weighted by Gasteiger charge is 2.32. The molecule has 1 atom stereocenters. The number of piperazine rings is 1. The minimum atomic E-state index is -3.32. The van der Waals surface area contributed by atoms with Gasteiger partial charge in [0.15, 0.2) is 0 Å². The van der Waals surface area contributed by atoms with Gasteiger partial charge in [0.1, 0.15) is 0 Å². The summed E-state index contributed by atoms with van der Waals surface area (Å²) in [7, 11) is -3.32. The first-order chi connectivity index (χ1) is 7.93. The molecule has 2 heterocycles. The van der Waals surface area contributed by atoms with Crippen molar-refractivity contribution >= 4 is 33.8 Å². The van der Waals surface area contributed by atoms with Gasteiger partial charge in [-0.1, -0.05) is 0 Å². The smallest absolute Gasteiger partial charge is 0.244 e. The summed E-state index contributed by atoms with van der Waals surface area (Å²) in [5.41, 5.74) is 0. The molecule has 1 aromatic rings. The Balaban J connectivity index is 0.00000162. The van der Waals surface area contributed by atoms with Crippen molar-refractivity contribution in [3.63, 3.8) is 0 Å². The number of hydrogen-bond donors (Lipinski definition) is 1. The van der Waals surface area contributed by atoms with Crippen LogP contribution in [0.5, 0.6) is 0 Å².